The summed E-state index contributed by atoms with van der Waals surface area (Å²) in [6.45, 7) is 8.23. The Kier molecular flexibility index (Phi) is 3.37. The van der Waals surface area contributed by atoms with Gasteiger partial charge in [-0.1, -0.05) is 25.9 Å². The molecule has 0 aliphatic heterocycles. The Balaban J connectivity index is 2.02. The maximum absolute atomic E-state index is 5.98. The molecule has 0 aliphatic rings. The molecule has 7 heteroatoms. The number of hydrogen-bond donors (Lipinski definition) is 1. The number of fused-ring (bicyclic) bond motifs is 1. The summed E-state index contributed by atoms with van der Waals surface area (Å²) >= 11 is 7.52. The van der Waals surface area contributed by atoms with Crippen molar-refractivity contribution < 1.29 is 4.52 Å². The van der Waals surface area contributed by atoms with Crippen LogP contribution in [0.1, 0.15) is 32.1 Å². The van der Waals surface area contributed by atoms with Crippen LogP contribution >= 0.6 is 22.9 Å². The maximum atomic E-state index is 5.98. The number of nitrogens with zero attached hydrogens (tertiary/aromatic N) is 3. The minimum absolute atomic E-state index is 0.0934. The van der Waals surface area contributed by atoms with Gasteiger partial charge in [0.05, 0.1) is 5.39 Å². The molecule has 0 saturated carbocycles. The van der Waals surface area contributed by atoms with Gasteiger partial charge in [-0.2, -0.15) is 4.98 Å². The number of anilines is 2. The first kappa shape index (κ1) is 14.3. The van der Waals surface area contributed by atoms with E-state index in [0.29, 0.717) is 11.6 Å². The number of thiophene rings is 1. The van der Waals surface area contributed by atoms with Gasteiger partial charge in [0.25, 0.3) is 0 Å². The van der Waals surface area contributed by atoms with E-state index in [1.165, 1.54) is 0 Å². The van der Waals surface area contributed by atoms with Crippen molar-refractivity contribution in [1.29, 1.82) is 0 Å². The average molecular weight is 323 g/mol. The van der Waals surface area contributed by atoms with E-state index in [2.05, 4.69) is 41.2 Å². The van der Waals surface area contributed by atoms with Gasteiger partial charge < -0.3 is 9.84 Å². The molecule has 0 radical (unpaired) electrons. The molecular weight excluding hydrogens is 308 g/mol. The first-order valence-corrected chi connectivity index (χ1v) is 7.76. The molecule has 3 rings (SSSR count). The van der Waals surface area contributed by atoms with Crippen molar-refractivity contribution >= 4 is 44.8 Å². The second-order valence-electron chi connectivity index (χ2n) is 5.89. The molecule has 0 amide bonds. The fourth-order valence-electron chi connectivity index (χ4n) is 1.96. The molecule has 0 spiro atoms. The number of aryl methyl sites for hydroxylation is 1. The Morgan fingerprint density at radius 1 is 1.29 bits per heavy atom. The first-order chi connectivity index (χ1) is 9.84. The standard InChI is InChI=1S/C14H15ClN4OS/c1-7-6-21-12-10(7)11(17-13(15)18-12)16-9-5-8(20-19-9)14(2,3)4/h5-6H,1-4H3,(H,16,17,18,19). The van der Waals surface area contributed by atoms with Crippen molar-refractivity contribution in [3.63, 3.8) is 0 Å². The predicted molar refractivity (Wildman–Crippen MR) is 85.6 cm³/mol. The molecule has 110 valence electrons. The molecule has 0 aromatic carbocycles. The number of aromatic nitrogens is 3. The molecular formula is C14H15ClN4OS. The van der Waals surface area contributed by atoms with E-state index >= 15 is 0 Å². The highest BCUT2D eigenvalue weighted by Gasteiger charge is 2.20. The third kappa shape index (κ3) is 2.73. The van der Waals surface area contributed by atoms with Crippen LogP contribution in [0.4, 0.5) is 11.6 Å². The minimum Gasteiger partial charge on any atom is -0.359 e. The zero-order chi connectivity index (χ0) is 15.2. The fourth-order valence-corrected chi connectivity index (χ4v) is 3.10. The lowest BCUT2D eigenvalue weighted by atomic mass is 9.93. The van der Waals surface area contributed by atoms with Gasteiger partial charge >= 0.3 is 0 Å². The zero-order valence-electron chi connectivity index (χ0n) is 12.2. The lowest BCUT2D eigenvalue weighted by molar-refractivity contribution is 0.331. The van der Waals surface area contributed by atoms with Crippen molar-refractivity contribution in [3.05, 3.63) is 28.1 Å². The Bertz CT molecular complexity index is 803. The molecule has 0 atom stereocenters. The van der Waals surface area contributed by atoms with E-state index < -0.39 is 0 Å². The van der Waals surface area contributed by atoms with Crippen LogP contribution < -0.4 is 5.32 Å². The minimum atomic E-state index is -0.0934. The lowest BCUT2D eigenvalue weighted by Crippen LogP contribution is -2.09. The van der Waals surface area contributed by atoms with Crippen molar-refractivity contribution in [1.82, 2.24) is 15.1 Å². The Hall–Kier alpha value is -1.66. The number of nitrogens with one attached hydrogen (secondary N) is 1. The molecule has 21 heavy (non-hydrogen) atoms. The van der Waals surface area contributed by atoms with Crippen molar-refractivity contribution in [2.24, 2.45) is 0 Å². The quantitative estimate of drug-likeness (QED) is 0.694. The van der Waals surface area contributed by atoms with Gasteiger partial charge in [0.1, 0.15) is 16.4 Å². The second-order valence-corrected chi connectivity index (χ2v) is 7.09. The van der Waals surface area contributed by atoms with Crippen LogP contribution in [0.25, 0.3) is 10.2 Å². The van der Waals surface area contributed by atoms with Crippen LogP contribution in [0.5, 0.6) is 0 Å². The van der Waals surface area contributed by atoms with E-state index in [1.54, 1.807) is 11.3 Å². The molecule has 0 aliphatic carbocycles. The van der Waals surface area contributed by atoms with Gasteiger partial charge in [-0.15, -0.1) is 11.3 Å². The molecule has 1 N–H and O–H groups in total. The summed E-state index contributed by atoms with van der Waals surface area (Å²) in [5.41, 5.74) is 1.01. The molecule has 5 nitrogen and oxygen atoms in total. The zero-order valence-corrected chi connectivity index (χ0v) is 13.8. The highest BCUT2D eigenvalue weighted by Crippen LogP contribution is 2.32. The van der Waals surface area contributed by atoms with E-state index in [4.69, 9.17) is 16.1 Å². The summed E-state index contributed by atoms with van der Waals surface area (Å²) in [5.74, 6) is 2.07. The lowest BCUT2D eigenvalue weighted by Gasteiger charge is -2.12. The predicted octanol–water partition coefficient (Wildman–Crippen LogP) is 4.68. The van der Waals surface area contributed by atoms with Crippen LogP contribution in [0.3, 0.4) is 0 Å². The van der Waals surface area contributed by atoms with Gasteiger partial charge in [-0.05, 0) is 29.5 Å². The smallest absolute Gasteiger partial charge is 0.225 e. The van der Waals surface area contributed by atoms with E-state index in [1.807, 2.05) is 18.4 Å². The third-order valence-electron chi connectivity index (χ3n) is 3.09. The normalized spacial score (nSPS) is 12.0. The largest absolute Gasteiger partial charge is 0.359 e. The Labute approximate surface area is 131 Å². The number of halogens is 1. The van der Waals surface area contributed by atoms with Gasteiger partial charge in [0, 0.05) is 11.5 Å². The van der Waals surface area contributed by atoms with E-state index in [9.17, 15) is 0 Å². The Morgan fingerprint density at radius 3 is 2.71 bits per heavy atom. The summed E-state index contributed by atoms with van der Waals surface area (Å²) in [5, 5.41) is 10.4. The van der Waals surface area contributed by atoms with Crippen molar-refractivity contribution in [2.75, 3.05) is 5.32 Å². The highest BCUT2D eigenvalue weighted by molar-refractivity contribution is 7.17. The van der Waals surface area contributed by atoms with Gasteiger partial charge in [-0.25, -0.2) is 4.98 Å². The van der Waals surface area contributed by atoms with Crippen LogP contribution in [0.2, 0.25) is 5.28 Å². The van der Waals surface area contributed by atoms with Crippen LogP contribution in [0, 0.1) is 6.92 Å². The van der Waals surface area contributed by atoms with Gasteiger partial charge in [0.15, 0.2) is 5.82 Å². The molecule has 3 aromatic rings. The van der Waals surface area contributed by atoms with Gasteiger partial charge in [-0.3, -0.25) is 0 Å². The van der Waals surface area contributed by atoms with Crippen LogP contribution in [0.15, 0.2) is 16.0 Å². The summed E-state index contributed by atoms with van der Waals surface area (Å²) in [4.78, 5) is 9.36. The fraction of sp³-hybridized carbons (Fsp3) is 0.357. The molecule has 3 heterocycles. The first-order valence-electron chi connectivity index (χ1n) is 6.50. The SMILES string of the molecule is Cc1csc2nc(Cl)nc(Nc3cc(C(C)(C)C)on3)c12. The van der Waals surface area contributed by atoms with E-state index in [0.717, 1.165) is 21.5 Å². The van der Waals surface area contributed by atoms with Gasteiger partial charge in [0.2, 0.25) is 5.28 Å². The monoisotopic (exact) mass is 322 g/mol. The summed E-state index contributed by atoms with van der Waals surface area (Å²) in [6, 6.07) is 1.88. The summed E-state index contributed by atoms with van der Waals surface area (Å²) in [6.07, 6.45) is 0. The third-order valence-corrected chi connectivity index (χ3v) is 4.25. The van der Waals surface area contributed by atoms with Crippen molar-refractivity contribution in [2.45, 2.75) is 33.1 Å². The molecule has 0 bridgehead atoms. The number of hydrogen-bond acceptors (Lipinski definition) is 6. The number of rotatable bonds is 2. The van der Waals surface area contributed by atoms with Crippen molar-refractivity contribution in [3.8, 4) is 0 Å². The topological polar surface area (TPSA) is 63.8 Å². The van der Waals surface area contributed by atoms with Crippen LogP contribution in [-0.2, 0) is 5.41 Å². The molecule has 0 fully saturated rings. The maximum Gasteiger partial charge on any atom is 0.225 e. The molecule has 3 aromatic heterocycles. The summed E-state index contributed by atoms with van der Waals surface area (Å²) in [7, 11) is 0. The van der Waals surface area contributed by atoms with Crippen LogP contribution in [-0.4, -0.2) is 15.1 Å². The second kappa shape index (κ2) is 4.96. The summed E-state index contributed by atoms with van der Waals surface area (Å²) < 4.78 is 5.37. The molecule has 0 unspecified atom stereocenters. The van der Waals surface area contributed by atoms with E-state index in [-0.39, 0.29) is 10.7 Å². The highest BCUT2D eigenvalue weighted by atomic mass is 35.5. The average Bonchev–Trinajstić information content (AvgIpc) is 2.96. The Morgan fingerprint density at radius 2 is 2.05 bits per heavy atom. The molecule has 0 saturated heterocycles.